The fourth-order valence-electron chi connectivity index (χ4n) is 3.09. The largest absolute Gasteiger partial charge is 0.496 e. The van der Waals surface area contributed by atoms with Gasteiger partial charge in [-0.25, -0.2) is 0 Å². The summed E-state index contributed by atoms with van der Waals surface area (Å²) in [6.07, 6.45) is 0.700. The lowest BCUT2D eigenvalue weighted by Crippen LogP contribution is -2.35. The molecule has 1 aromatic heterocycles. The van der Waals surface area contributed by atoms with Gasteiger partial charge in [0.25, 0.3) is 0 Å². The number of morpholine rings is 1. The Morgan fingerprint density at radius 1 is 1.26 bits per heavy atom. The van der Waals surface area contributed by atoms with Crippen LogP contribution in [-0.2, 0) is 17.7 Å². The molecule has 124 valence electrons. The summed E-state index contributed by atoms with van der Waals surface area (Å²) >= 11 is 0. The van der Waals surface area contributed by atoms with E-state index in [-0.39, 0.29) is 5.43 Å². The molecule has 0 aliphatic carbocycles. The number of methoxy groups -OCH3 is 1. The minimum absolute atomic E-state index is 0.0500. The lowest BCUT2D eigenvalue weighted by Gasteiger charge is -2.27. The number of fused-ring (bicyclic) bond motifs is 1. The first kappa shape index (κ1) is 16.0. The summed E-state index contributed by atoms with van der Waals surface area (Å²) in [4.78, 5) is 14.9. The van der Waals surface area contributed by atoms with Gasteiger partial charge in [-0.2, -0.15) is 0 Å². The Bertz CT molecular complexity index is 760. The zero-order valence-corrected chi connectivity index (χ0v) is 14.0. The van der Waals surface area contributed by atoms with Gasteiger partial charge in [0, 0.05) is 31.6 Å². The highest BCUT2D eigenvalue weighted by Crippen LogP contribution is 2.29. The van der Waals surface area contributed by atoms with Crippen molar-refractivity contribution in [2.45, 2.75) is 26.8 Å². The van der Waals surface area contributed by atoms with Gasteiger partial charge >= 0.3 is 0 Å². The average molecular weight is 317 g/mol. The van der Waals surface area contributed by atoms with E-state index in [1.54, 1.807) is 13.2 Å². The van der Waals surface area contributed by atoms with E-state index in [4.69, 9.17) is 13.9 Å². The summed E-state index contributed by atoms with van der Waals surface area (Å²) in [5.74, 6) is 1.51. The second-order valence-corrected chi connectivity index (χ2v) is 5.84. The first-order valence-electron chi connectivity index (χ1n) is 8.08. The third kappa shape index (κ3) is 2.99. The topological polar surface area (TPSA) is 51.9 Å². The number of aryl methyl sites for hydroxylation is 1. The highest BCUT2D eigenvalue weighted by atomic mass is 16.5. The Labute approximate surface area is 135 Å². The van der Waals surface area contributed by atoms with Crippen molar-refractivity contribution in [2.75, 3.05) is 33.4 Å². The Hall–Kier alpha value is -1.85. The van der Waals surface area contributed by atoms with Gasteiger partial charge in [-0.05, 0) is 19.1 Å². The fraction of sp³-hybridized carbons (Fsp3) is 0.500. The van der Waals surface area contributed by atoms with Gasteiger partial charge in [0.15, 0.2) is 5.43 Å². The third-order valence-corrected chi connectivity index (χ3v) is 4.47. The van der Waals surface area contributed by atoms with Crippen LogP contribution in [-0.4, -0.2) is 38.3 Å². The van der Waals surface area contributed by atoms with Gasteiger partial charge in [-0.3, -0.25) is 9.69 Å². The molecule has 0 spiro atoms. The van der Waals surface area contributed by atoms with Crippen LogP contribution in [0.1, 0.15) is 23.8 Å². The molecule has 3 rings (SSSR count). The van der Waals surface area contributed by atoms with Crippen molar-refractivity contribution in [3.63, 3.8) is 0 Å². The molecular formula is C18H23NO4. The smallest absolute Gasteiger partial charge is 0.195 e. The van der Waals surface area contributed by atoms with Crippen molar-refractivity contribution in [2.24, 2.45) is 0 Å². The number of benzene rings is 1. The van der Waals surface area contributed by atoms with Crippen LogP contribution in [0.15, 0.2) is 21.3 Å². The van der Waals surface area contributed by atoms with E-state index < -0.39 is 0 Å². The van der Waals surface area contributed by atoms with Gasteiger partial charge < -0.3 is 13.9 Å². The molecule has 0 bridgehead atoms. The summed E-state index contributed by atoms with van der Waals surface area (Å²) < 4.78 is 17.0. The van der Waals surface area contributed by atoms with Crippen LogP contribution in [0.25, 0.3) is 11.0 Å². The highest BCUT2D eigenvalue weighted by Gasteiger charge is 2.20. The minimum atomic E-state index is 0.0500. The molecule has 0 atom stereocenters. The molecule has 23 heavy (non-hydrogen) atoms. The van der Waals surface area contributed by atoms with Crippen LogP contribution in [0.5, 0.6) is 5.75 Å². The summed E-state index contributed by atoms with van der Waals surface area (Å²) in [5, 5.41) is 0.628. The van der Waals surface area contributed by atoms with E-state index in [1.165, 1.54) is 0 Å². The molecule has 1 aliphatic heterocycles. The van der Waals surface area contributed by atoms with Crippen molar-refractivity contribution in [3.8, 4) is 5.75 Å². The summed E-state index contributed by atoms with van der Waals surface area (Å²) in [7, 11) is 1.65. The van der Waals surface area contributed by atoms with E-state index in [9.17, 15) is 4.79 Å². The van der Waals surface area contributed by atoms with Crippen LogP contribution < -0.4 is 10.2 Å². The van der Waals surface area contributed by atoms with Crippen LogP contribution in [0.2, 0.25) is 0 Å². The van der Waals surface area contributed by atoms with Crippen molar-refractivity contribution in [3.05, 3.63) is 39.2 Å². The Balaban J connectivity index is 2.16. The Morgan fingerprint density at radius 2 is 2.00 bits per heavy atom. The molecule has 0 unspecified atom stereocenters. The van der Waals surface area contributed by atoms with Gasteiger partial charge in [0.1, 0.15) is 17.1 Å². The molecule has 5 heteroatoms. The Morgan fingerprint density at radius 3 is 2.65 bits per heavy atom. The van der Waals surface area contributed by atoms with E-state index in [0.717, 1.165) is 43.4 Å². The third-order valence-electron chi connectivity index (χ3n) is 4.47. The molecule has 0 amide bonds. The predicted octanol–water partition coefficient (Wildman–Crippen LogP) is 2.50. The normalized spacial score (nSPS) is 16.0. The maximum atomic E-state index is 12.6. The maximum absolute atomic E-state index is 12.6. The average Bonchev–Trinajstić information content (AvgIpc) is 2.59. The Kier molecular flexibility index (Phi) is 4.68. The molecule has 2 aromatic rings. The molecule has 0 radical (unpaired) electrons. The zero-order valence-electron chi connectivity index (χ0n) is 14.0. The van der Waals surface area contributed by atoms with Crippen LogP contribution >= 0.6 is 0 Å². The van der Waals surface area contributed by atoms with E-state index in [2.05, 4.69) is 4.90 Å². The monoisotopic (exact) mass is 317 g/mol. The number of hydrogen-bond donors (Lipinski definition) is 0. The first-order valence-corrected chi connectivity index (χ1v) is 8.08. The second-order valence-electron chi connectivity index (χ2n) is 5.84. The van der Waals surface area contributed by atoms with Gasteiger partial charge in [0.05, 0.1) is 31.3 Å². The predicted molar refractivity (Wildman–Crippen MR) is 89.2 cm³/mol. The van der Waals surface area contributed by atoms with Crippen molar-refractivity contribution in [1.82, 2.24) is 4.90 Å². The van der Waals surface area contributed by atoms with E-state index in [1.807, 2.05) is 19.9 Å². The van der Waals surface area contributed by atoms with Crippen molar-refractivity contribution >= 4 is 11.0 Å². The fourth-order valence-corrected chi connectivity index (χ4v) is 3.09. The van der Waals surface area contributed by atoms with E-state index >= 15 is 0 Å². The van der Waals surface area contributed by atoms with E-state index in [0.29, 0.717) is 29.5 Å². The van der Waals surface area contributed by atoms with Crippen molar-refractivity contribution in [1.29, 1.82) is 0 Å². The quantitative estimate of drug-likeness (QED) is 0.867. The molecular weight excluding hydrogens is 294 g/mol. The summed E-state index contributed by atoms with van der Waals surface area (Å²) in [5.41, 5.74) is 2.35. The molecule has 1 aromatic carbocycles. The minimum Gasteiger partial charge on any atom is -0.496 e. The van der Waals surface area contributed by atoms with Crippen LogP contribution in [0, 0.1) is 6.92 Å². The zero-order chi connectivity index (χ0) is 16.4. The van der Waals surface area contributed by atoms with Gasteiger partial charge in [-0.1, -0.05) is 6.92 Å². The molecule has 1 aliphatic rings. The summed E-state index contributed by atoms with van der Waals surface area (Å²) in [6.45, 7) is 7.73. The van der Waals surface area contributed by atoms with Crippen molar-refractivity contribution < 1.29 is 13.9 Å². The molecule has 0 saturated carbocycles. The molecule has 5 nitrogen and oxygen atoms in total. The SMILES string of the molecule is CCc1oc2c(CN3CCOCC3)c(OC)ccc2c(=O)c1C. The highest BCUT2D eigenvalue weighted by molar-refractivity contribution is 5.82. The number of ether oxygens (including phenoxy) is 2. The maximum Gasteiger partial charge on any atom is 0.195 e. The lowest BCUT2D eigenvalue weighted by molar-refractivity contribution is 0.0339. The molecule has 1 fully saturated rings. The van der Waals surface area contributed by atoms with Crippen LogP contribution in [0.4, 0.5) is 0 Å². The first-order chi connectivity index (χ1) is 11.2. The van der Waals surface area contributed by atoms with Gasteiger partial charge in [-0.15, -0.1) is 0 Å². The molecule has 2 heterocycles. The lowest BCUT2D eigenvalue weighted by atomic mass is 10.1. The standard InChI is InChI=1S/C18H23NO4/c1-4-15-12(2)17(20)13-5-6-16(21-3)14(18(13)23-15)11-19-7-9-22-10-8-19/h5-6H,4,7-11H2,1-3H3. The van der Waals surface area contributed by atoms with Crippen LogP contribution in [0.3, 0.4) is 0 Å². The number of nitrogens with zero attached hydrogens (tertiary/aromatic N) is 1. The van der Waals surface area contributed by atoms with Gasteiger partial charge in [0.2, 0.25) is 0 Å². The number of hydrogen-bond acceptors (Lipinski definition) is 5. The summed E-state index contributed by atoms with van der Waals surface area (Å²) in [6, 6.07) is 3.66. The second kappa shape index (κ2) is 6.72. The number of rotatable bonds is 4. The molecule has 0 N–H and O–H groups in total. The molecule has 1 saturated heterocycles.